The lowest BCUT2D eigenvalue weighted by Gasteiger charge is -2.04. The van der Waals surface area contributed by atoms with Gasteiger partial charge in [0, 0.05) is 28.9 Å². The first-order valence-corrected chi connectivity index (χ1v) is 9.00. The predicted octanol–water partition coefficient (Wildman–Crippen LogP) is 4.65. The first-order valence-electron chi connectivity index (χ1n) is 7.43. The first kappa shape index (κ1) is 16.2. The second-order valence-electron chi connectivity index (χ2n) is 5.25. The Kier molecular flexibility index (Phi) is 4.48. The molecule has 0 amide bonds. The van der Waals surface area contributed by atoms with E-state index in [9.17, 15) is 0 Å². The third kappa shape index (κ3) is 3.42. The second-order valence-corrected chi connectivity index (χ2v) is 7.05. The van der Waals surface area contributed by atoms with Gasteiger partial charge in [0.1, 0.15) is 5.01 Å². The molecule has 0 fully saturated rings. The maximum Gasteiger partial charge on any atom is 0.234 e. The normalized spacial score (nSPS) is 11.6. The van der Waals surface area contributed by atoms with Crippen LogP contribution in [0.2, 0.25) is 10.0 Å². The van der Waals surface area contributed by atoms with Gasteiger partial charge in [-0.05, 0) is 35.4 Å². The quantitative estimate of drug-likeness (QED) is 0.511. The smallest absolute Gasteiger partial charge is 0.234 e. The van der Waals surface area contributed by atoms with Gasteiger partial charge in [0.05, 0.1) is 0 Å². The minimum absolute atomic E-state index is 0.467. The molecule has 0 aliphatic rings. The van der Waals surface area contributed by atoms with Crippen molar-refractivity contribution in [3.05, 3.63) is 74.7 Å². The van der Waals surface area contributed by atoms with Crippen molar-refractivity contribution in [2.75, 3.05) is 0 Å². The molecule has 3 aromatic heterocycles. The van der Waals surface area contributed by atoms with Crippen molar-refractivity contribution in [3.63, 3.8) is 0 Å². The molecular weight excluding hydrogens is 377 g/mol. The van der Waals surface area contributed by atoms with Gasteiger partial charge in [-0.2, -0.15) is 9.61 Å². The van der Waals surface area contributed by atoms with Crippen molar-refractivity contribution in [3.8, 4) is 0 Å². The topological polar surface area (TPSA) is 56.0 Å². The summed E-state index contributed by atoms with van der Waals surface area (Å²) in [6, 6.07) is 9.31. The summed E-state index contributed by atoms with van der Waals surface area (Å²) in [6.45, 7) is 0. The Labute approximate surface area is 157 Å². The lowest BCUT2D eigenvalue weighted by atomic mass is 10.1. The van der Waals surface area contributed by atoms with E-state index >= 15 is 0 Å². The molecular formula is C17H11Cl2N5S. The van der Waals surface area contributed by atoms with Crippen molar-refractivity contribution in [2.45, 2.75) is 6.42 Å². The van der Waals surface area contributed by atoms with E-state index in [2.05, 4.69) is 20.3 Å². The van der Waals surface area contributed by atoms with E-state index in [1.54, 1.807) is 16.9 Å². The summed E-state index contributed by atoms with van der Waals surface area (Å²) in [7, 11) is 0. The number of fused-ring (bicyclic) bond motifs is 1. The Hall–Kier alpha value is -2.28. The van der Waals surface area contributed by atoms with Gasteiger partial charge in [-0.25, -0.2) is 0 Å². The maximum atomic E-state index is 6.24. The molecule has 0 N–H and O–H groups in total. The monoisotopic (exact) mass is 387 g/mol. The van der Waals surface area contributed by atoms with Gasteiger partial charge in [0.2, 0.25) is 4.96 Å². The first-order chi connectivity index (χ1) is 12.2. The van der Waals surface area contributed by atoms with Crippen molar-refractivity contribution < 1.29 is 0 Å². The minimum atomic E-state index is 0.467. The molecule has 25 heavy (non-hydrogen) atoms. The molecule has 1 aromatic carbocycles. The molecule has 0 aliphatic heterocycles. The average Bonchev–Trinajstić information content (AvgIpc) is 3.18. The van der Waals surface area contributed by atoms with Gasteiger partial charge in [-0.3, -0.25) is 4.98 Å². The highest BCUT2D eigenvalue weighted by Gasteiger charge is 2.14. The maximum absolute atomic E-state index is 6.24. The van der Waals surface area contributed by atoms with Crippen LogP contribution < -0.4 is 0 Å². The Morgan fingerprint density at radius 3 is 2.64 bits per heavy atom. The Morgan fingerprint density at radius 1 is 1.04 bits per heavy atom. The molecule has 0 saturated carbocycles. The predicted molar refractivity (Wildman–Crippen MR) is 101 cm³/mol. The lowest BCUT2D eigenvalue weighted by Crippen LogP contribution is -1.99. The number of pyridine rings is 1. The molecule has 0 atom stereocenters. The molecule has 4 rings (SSSR count). The fourth-order valence-corrected chi connectivity index (χ4v) is 3.64. The zero-order valence-corrected chi connectivity index (χ0v) is 15.1. The van der Waals surface area contributed by atoms with Gasteiger partial charge in [-0.15, -0.1) is 10.2 Å². The van der Waals surface area contributed by atoms with Crippen LogP contribution in [0.3, 0.4) is 0 Å². The summed E-state index contributed by atoms with van der Waals surface area (Å²) in [5, 5.41) is 15.0. The molecule has 5 nitrogen and oxygen atoms in total. The van der Waals surface area contributed by atoms with Gasteiger partial charge in [-0.1, -0.05) is 52.7 Å². The van der Waals surface area contributed by atoms with Crippen molar-refractivity contribution in [1.29, 1.82) is 0 Å². The molecule has 4 aromatic rings. The summed E-state index contributed by atoms with van der Waals surface area (Å²) >= 11 is 13.9. The molecule has 0 unspecified atom stereocenters. The summed E-state index contributed by atoms with van der Waals surface area (Å²) in [4.78, 5) is 4.81. The van der Waals surface area contributed by atoms with Gasteiger partial charge in [0.15, 0.2) is 5.82 Å². The number of nitrogens with zero attached hydrogens (tertiary/aromatic N) is 5. The zero-order valence-electron chi connectivity index (χ0n) is 12.8. The highest BCUT2D eigenvalue weighted by Crippen LogP contribution is 2.27. The number of rotatable bonds is 4. The van der Waals surface area contributed by atoms with Crippen molar-refractivity contribution in [2.24, 2.45) is 0 Å². The van der Waals surface area contributed by atoms with Crippen molar-refractivity contribution in [1.82, 2.24) is 24.8 Å². The van der Waals surface area contributed by atoms with Crippen molar-refractivity contribution >= 4 is 51.7 Å². The standard InChI is InChI=1S/C17H11Cl2N5S/c18-13-4-1-5-14(19)12(13)9-15-21-22-17-24(15)23-16(25-17)7-6-11-3-2-8-20-10-11/h1-8,10H,9H2/b7-6+. The summed E-state index contributed by atoms with van der Waals surface area (Å²) < 4.78 is 1.73. The van der Waals surface area contributed by atoms with E-state index in [0.29, 0.717) is 22.3 Å². The SMILES string of the molecule is Clc1cccc(Cl)c1Cc1nnc2sc(/C=C/c3cccnc3)nn12. The van der Waals surface area contributed by atoms with Crippen LogP contribution in [0.5, 0.6) is 0 Å². The van der Waals surface area contributed by atoms with Crippen LogP contribution in [0.25, 0.3) is 17.1 Å². The van der Waals surface area contributed by atoms with Gasteiger partial charge in [0.25, 0.3) is 0 Å². The molecule has 3 heterocycles. The zero-order chi connectivity index (χ0) is 17.2. The third-order valence-electron chi connectivity index (χ3n) is 3.57. The van der Waals surface area contributed by atoms with Crippen LogP contribution >= 0.6 is 34.5 Å². The largest absolute Gasteiger partial charge is 0.264 e. The molecule has 124 valence electrons. The summed E-state index contributed by atoms with van der Waals surface area (Å²) in [5.41, 5.74) is 1.83. The molecule has 0 bridgehead atoms. The van der Waals surface area contributed by atoms with E-state index < -0.39 is 0 Å². The molecule has 8 heteroatoms. The molecule has 0 spiro atoms. The highest BCUT2D eigenvalue weighted by molar-refractivity contribution is 7.17. The van der Waals surface area contributed by atoms with E-state index in [-0.39, 0.29) is 0 Å². The van der Waals surface area contributed by atoms with E-state index in [1.807, 2.05) is 42.5 Å². The van der Waals surface area contributed by atoms with Crippen LogP contribution in [0.4, 0.5) is 0 Å². The minimum Gasteiger partial charge on any atom is -0.264 e. The Morgan fingerprint density at radius 2 is 1.88 bits per heavy atom. The fourth-order valence-electron chi connectivity index (χ4n) is 2.35. The van der Waals surface area contributed by atoms with Crippen LogP contribution in [-0.2, 0) is 6.42 Å². The third-order valence-corrected chi connectivity index (χ3v) is 5.14. The van der Waals surface area contributed by atoms with Crippen LogP contribution in [0, 0.1) is 0 Å². The average molecular weight is 388 g/mol. The number of hydrogen-bond acceptors (Lipinski definition) is 5. The van der Waals surface area contributed by atoms with E-state index in [1.165, 1.54) is 11.3 Å². The van der Waals surface area contributed by atoms with Crippen LogP contribution in [-0.4, -0.2) is 24.8 Å². The van der Waals surface area contributed by atoms with Gasteiger partial charge >= 0.3 is 0 Å². The lowest BCUT2D eigenvalue weighted by molar-refractivity contribution is 0.849. The fraction of sp³-hybridized carbons (Fsp3) is 0.0588. The van der Waals surface area contributed by atoms with Crippen LogP contribution in [0.15, 0.2) is 42.7 Å². The summed E-state index contributed by atoms with van der Waals surface area (Å²) in [5.74, 6) is 0.697. The molecule has 0 radical (unpaired) electrons. The van der Waals surface area contributed by atoms with E-state index in [0.717, 1.165) is 21.1 Å². The number of benzene rings is 1. The van der Waals surface area contributed by atoms with E-state index in [4.69, 9.17) is 23.2 Å². The number of hydrogen-bond donors (Lipinski definition) is 0. The second kappa shape index (κ2) is 6.92. The Balaban J connectivity index is 1.64. The molecule has 0 aliphatic carbocycles. The van der Waals surface area contributed by atoms with Gasteiger partial charge < -0.3 is 0 Å². The Bertz CT molecular complexity index is 1040. The number of aromatic nitrogens is 5. The number of halogens is 2. The molecule has 0 saturated heterocycles. The highest BCUT2D eigenvalue weighted by atomic mass is 35.5. The van der Waals surface area contributed by atoms with Crippen LogP contribution in [0.1, 0.15) is 22.0 Å². The summed E-state index contributed by atoms with van der Waals surface area (Å²) in [6.07, 6.45) is 7.90.